The molecule has 3 N–H and O–H groups in total. The van der Waals surface area contributed by atoms with Gasteiger partial charge in [0.2, 0.25) is 0 Å². The molecule has 0 aromatic carbocycles. The van der Waals surface area contributed by atoms with Gasteiger partial charge in [-0.3, -0.25) is 37.3 Å². The molecule has 0 aliphatic heterocycles. The Bertz CT molecular complexity index is 1930. The zero-order chi connectivity index (χ0) is 73.5. The molecule has 0 rings (SSSR count). The maximum atomic E-state index is 13.1. The molecule has 6 atom stereocenters. The average Bonchev–Trinajstić information content (AvgIpc) is 0.943. The van der Waals surface area contributed by atoms with Crippen LogP contribution < -0.4 is 0 Å². The first-order valence-corrected chi connectivity index (χ1v) is 45.0. The molecule has 0 fully saturated rings. The first-order chi connectivity index (χ1) is 48.4. The summed E-state index contributed by atoms with van der Waals surface area (Å²) in [5.74, 6) is -0.506. The number of phosphoric ester groups is 2. The summed E-state index contributed by atoms with van der Waals surface area (Å²) in [6, 6.07) is 0. The second kappa shape index (κ2) is 72.6. The highest BCUT2D eigenvalue weighted by Crippen LogP contribution is 2.45. The summed E-state index contributed by atoms with van der Waals surface area (Å²) in [6.07, 6.45) is 62.4. The molecule has 0 saturated heterocycles. The molecule has 0 saturated carbocycles. The number of esters is 4. The number of rotatable bonds is 80. The van der Waals surface area contributed by atoms with Gasteiger partial charge in [-0.2, -0.15) is 0 Å². The topological polar surface area (TPSA) is 237 Å². The third kappa shape index (κ3) is 73.0. The maximum absolute atomic E-state index is 13.1. The molecule has 19 heteroatoms. The standard InChI is InChI=1S/C81H158O17P2/c1-7-10-12-14-16-18-20-21-22-23-24-25-26-31-34-41-47-53-59-65-80(85)97-77(70-92-79(84)64-58-52-46-40-33-30-28-27-29-32-38-44-50-56-62-74(6)9-3)72-96-100(89,90)94-68-75(82)67-93-99(87,88)95-71-76(69-91-78(83)63-57-51-45-39-19-17-15-13-11-8-2)98-81(86)66-60-54-48-42-36-35-37-43-49-55-61-73(4)5/h73-77,82H,7-72H2,1-6H3,(H,87,88)(H,89,90)/t74?,75-,76+,77+/m0/s1. The predicted molar refractivity (Wildman–Crippen MR) is 409 cm³/mol. The molecule has 0 spiro atoms. The van der Waals surface area contributed by atoms with Crippen molar-refractivity contribution in [2.24, 2.45) is 11.8 Å². The van der Waals surface area contributed by atoms with Crippen LogP contribution >= 0.6 is 15.6 Å². The highest BCUT2D eigenvalue weighted by Gasteiger charge is 2.30. The predicted octanol–water partition coefficient (Wildman–Crippen LogP) is 24.3. The Morgan fingerprint density at radius 3 is 0.760 bits per heavy atom. The molecule has 0 amide bonds. The van der Waals surface area contributed by atoms with Crippen molar-refractivity contribution < 1.29 is 80.2 Å². The lowest BCUT2D eigenvalue weighted by atomic mass is 9.99. The van der Waals surface area contributed by atoms with Gasteiger partial charge in [-0.25, -0.2) is 9.13 Å². The number of carbonyl (C=O) groups excluding carboxylic acids is 4. The molecule has 0 bridgehead atoms. The van der Waals surface area contributed by atoms with E-state index in [9.17, 15) is 43.2 Å². The minimum absolute atomic E-state index is 0.106. The summed E-state index contributed by atoms with van der Waals surface area (Å²) >= 11 is 0. The summed E-state index contributed by atoms with van der Waals surface area (Å²) in [5, 5.41) is 10.6. The summed E-state index contributed by atoms with van der Waals surface area (Å²) in [7, 11) is -9.92. The smallest absolute Gasteiger partial charge is 0.462 e. The minimum Gasteiger partial charge on any atom is -0.462 e. The fourth-order valence-electron chi connectivity index (χ4n) is 12.5. The second-order valence-electron chi connectivity index (χ2n) is 29.9. The number of unbranched alkanes of at least 4 members (excludes halogenated alkanes) is 49. The Morgan fingerprint density at radius 1 is 0.290 bits per heavy atom. The largest absolute Gasteiger partial charge is 0.472 e. The van der Waals surface area contributed by atoms with Crippen LogP contribution in [0.15, 0.2) is 0 Å². The van der Waals surface area contributed by atoms with E-state index in [1.807, 2.05) is 0 Å². The number of carbonyl (C=O) groups is 4. The van der Waals surface area contributed by atoms with Crippen LogP contribution in [0, 0.1) is 11.8 Å². The van der Waals surface area contributed by atoms with Crippen LogP contribution in [-0.2, 0) is 65.4 Å². The van der Waals surface area contributed by atoms with Crippen molar-refractivity contribution in [1.29, 1.82) is 0 Å². The van der Waals surface area contributed by atoms with Gasteiger partial charge in [-0.05, 0) is 37.5 Å². The molecule has 0 aromatic rings. The normalized spacial score (nSPS) is 14.2. The molecule has 100 heavy (non-hydrogen) atoms. The molecule has 0 radical (unpaired) electrons. The van der Waals surface area contributed by atoms with Gasteiger partial charge in [0.25, 0.3) is 0 Å². The van der Waals surface area contributed by atoms with Gasteiger partial charge >= 0.3 is 39.5 Å². The van der Waals surface area contributed by atoms with Crippen molar-refractivity contribution >= 4 is 39.5 Å². The quantitative estimate of drug-likeness (QED) is 0.0222. The molecule has 594 valence electrons. The van der Waals surface area contributed by atoms with Gasteiger partial charge in [-0.15, -0.1) is 0 Å². The van der Waals surface area contributed by atoms with E-state index in [2.05, 4.69) is 41.5 Å². The molecular formula is C81H158O17P2. The van der Waals surface area contributed by atoms with Gasteiger partial charge in [0, 0.05) is 25.7 Å². The zero-order valence-corrected chi connectivity index (χ0v) is 67.3. The summed E-state index contributed by atoms with van der Waals surface area (Å²) in [6.45, 7) is 9.67. The number of phosphoric acid groups is 2. The Morgan fingerprint density at radius 2 is 0.510 bits per heavy atom. The van der Waals surface area contributed by atoms with Crippen LogP contribution in [0.4, 0.5) is 0 Å². The van der Waals surface area contributed by atoms with Crippen LogP contribution in [-0.4, -0.2) is 96.7 Å². The summed E-state index contributed by atoms with van der Waals surface area (Å²) in [4.78, 5) is 73.0. The Kier molecular flexibility index (Phi) is 71.2. The van der Waals surface area contributed by atoms with Crippen molar-refractivity contribution in [2.75, 3.05) is 39.6 Å². The molecule has 3 unspecified atom stereocenters. The lowest BCUT2D eigenvalue weighted by Crippen LogP contribution is -2.30. The van der Waals surface area contributed by atoms with Gasteiger partial charge in [0.1, 0.15) is 19.3 Å². The Labute approximate surface area is 613 Å². The van der Waals surface area contributed by atoms with Crippen molar-refractivity contribution in [2.45, 2.75) is 445 Å². The average molecular weight is 1470 g/mol. The highest BCUT2D eigenvalue weighted by atomic mass is 31.2. The first-order valence-electron chi connectivity index (χ1n) is 42.0. The van der Waals surface area contributed by atoms with E-state index in [0.717, 1.165) is 102 Å². The van der Waals surface area contributed by atoms with Crippen LogP contribution in [0.3, 0.4) is 0 Å². The molecule has 0 aromatic heterocycles. The van der Waals surface area contributed by atoms with Crippen LogP contribution in [0.25, 0.3) is 0 Å². The van der Waals surface area contributed by atoms with Gasteiger partial charge in [0.05, 0.1) is 26.4 Å². The number of hydrogen-bond donors (Lipinski definition) is 3. The lowest BCUT2D eigenvalue weighted by molar-refractivity contribution is -0.161. The van der Waals surface area contributed by atoms with E-state index in [0.29, 0.717) is 25.7 Å². The third-order valence-corrected chi connectivity index (χ3v) is 21.2. The number of hydrogen-bond acceptors (Lipinski definition) is 15. The van der Waals surface area contributed by atoms with Gasteiger partial charge in [-0.1, -0.05) is 375 Å². The Hall–Kier alpha value is -1.94. The Balaban J connectivity index is 5.23. The van der Waals surface area contributed by atoms with E-state index in [-0.39, 0.29) is 25.7 Å². The molecule has 17 nitrogen and oxygen atoms in total. The lowest BCUT2D eigenvalue weighted by Gasteiger charge is -2.21. The van der Waals surface area contributed by atoms with Crippen molar-refractivity contribution in [3.05, 3.63) is 0 Å². The van der Waals surface area contributed by atoms with E-state index in [1.165, 1.54) is 244 Å². The fraction of sp³-hybridized carbons (Fsp3) is 0.951. The number of aliphatic hydroxyl groups is 1. The monoisotopic (exact) mass is 1470 g/mol. The van der Waals surface area contributed by atoms with Gasteiger partial charge in [0.15, 0.2) is 12.2 Å². The third-order valence-electron chi connectivity index (χ3n) is 19.3. The van der Waals surface area contributed by atoms with Crippen molar-refractivity contribution in [1.82, 2.24) is 0 Å². The summed E-state index contributed by atoms with van der Waals surface area (Å²) in [5.41, 5.74) is 0. The van der Waals surface area contributed by atoms with E-state index in [4.69, 9.17) is 37.0 Å². The number of ether oxygens (including phenoxy) is 4. The van der Waals surface area contributed by atoms with Crippen LogP contribution in [0.2, 0.25) is 0 Å². The molecular weight excluding hydrogens is 1310 g/mol. The van der Waals surface area contributed by atoms with Crippen molar-refractivity contribution in [3.63, 3.8) is 0 Å². The zero-order valence-electron chi connectivity index (χ0n) is 65.5. The van der Waals surface area contributed by atoms with E-state index in [1.54, 1.807) is 0 Å². The molecule has 0 aliphatic carbocycles. The van der Waals surface area contributed by atoms with Gasteiger partial charge < -0.3 is 33.8 Å². The molecule has 0 heterocycles. The van der Waals surface area contributed by atoms with E-state index >= 15 is 0 Å². The van der Waals surface area contributed by atoms with E-state index < -0.39 is 97.5 Å². The fourth-order valence-corrected chi connectivity index (χ4v) is 14.1. The summed E-state index contributed by atoms with van der Waals surface area (Å²) < 4.78 is 68.7. The minimum atomic E-state index is -4.96. The van der Waals surface area contributed by atoms with Crippen molar-refractivity contribution in [3.8, 4) is 0 Å². The maximum Gasteiger partial charge on any atom is 0.472 e. The van der Waals surface area contributed by atoms with Crippen LogP contribution in [0.5, 0.6) is 0 Å². The second-order valence-corrected chi connectivity index (χ2v) is 32.8. The molecule has 0 aliphatic rings. The highest BCUT2D eigenvalue weighted by molar-refractivity contribution is 7.47. The SMILES string of the molecule is CCCCCCCCCCCCCCCCCCCCCC(=O)O[C@H](COC(=O)CCCCCCCCCCCCCCCCC(C)CC)COP(=O)(O)OC[C@@H](O)COP(=O)(O)OC[C@@H](COC(=O)CCCCCCCCCCCC)OC(=O)CCCCCCCCCCCCC(C)C. The first kappa shape index (κ1) is 98.1. The van der Waals surface area contributed by atoms with Crippen LogP contribution in [0.1, 0.15) is 427 Å². The number of aliphatic hydroxyl groups excluding tert-OH is 1.